The predicted molar refractivity (Wildman–Crippen MR) is 103 cm³/mol. The molecule has 3 heteroatoms. The van der Waals surface area contributed by atoms with Gasteiger partial charge in [0.2, 0.25) is 0 Å². The standard InChI is InChI=1S/C21H40N2O/c1-3-5-7-8-9-10-11-12-13-14-21(24-19-6-4-2)15-17-23-18-16-22-20-23/h16,18,20-21H,3-15,17,19H2,1-2H3. The molecule has 0 aliphatic rings. The van der Waals surface area contributed by atoms with Crippen molar-refractivity contribution in [2.75, 3.05) is 6.61 Å². The van der Waals surface area contributed by atoms with Crippen LogP contribution in [0.5, 0.6) is 0 Å². The van der Waals surface area contributed by atoms with Crippen LogP contribution in [0, 0.1) is 0 Å². The van der Waals surface area contributed by atoms with Gasteiger partial charge in [-0.25, -0.2) is 4.98 Å². The molecule has 3 nitrogen and oxygen atoms in total. The van der Waals surface area contributed by atoms with Crippen molar-refractivity contribution < 1.29 is 4.74 Å². The lowest BCUT2D eigenvalue weighted by Gasteiger charge is -2.18. The third-order valence-electron chi connectivity index (χ3n) is 4.75. The first-order valence-electron chi connectivity index (χ1n) is 10.4. The van der Waals surface area contributed by atoms with Crippen molar-refractivity contribution in [3.05, 3.63) is 18.7 Å². The van der Waals surface area contributed by atoms with E-state index in [9.17, 15) is 0 Å². The Balaban J connectivity index is 2.07. The Hall–Kier alpha value is -0.830. The van der Waals surface area contributed by atoms with Gasteiger partial charge in [-0.05, 0) is 19.3 Å². The normalized spacial score (nSPS) is 12.6. The van der Waals surface area contributed by atoms with E-state index in [-0.39, 0.29) is 0 Å². The molecular formula is C21H40N2O. The molecule has 0 aliphatic heterocycles. The molecule has 1 atom stereocenters. The fourth-order valence-electron chi connectivity index (χ4n) is 3.10. The van der Waals surface area contributed by atoms with Crippen molar-refractivity contribution in [3.8, 4) is 0 Å². The van der Waals surface area contributed by atoms with Gasteiger partial charge in [-0.15, -0.1) is 0 Å². The molecule has 0 saturated heterocycles. The number of imidazole rings is 1. The number of aryl methyl sites for hydroxylation is 1. The third-order valence-corrected chi connectivity index (χ3v) is 4.75. The molecule has 1 rings (SSSR count). The first-order chi connectivity index (χ1) is 11.9. The number of unbranched alkanes of at least 4 members (excludes halogenated alkanes) is 9. The SMILES string of the molecule is CCCCCCCCCCCC(CCn1ccnc1)OCCCC. The van der Waals surface area contributed by atoms with Gasteiger partial charge in [-0.3, -0.25) is 0 Å². The zero-order chi connectivity index (χ0) is 17.3. The Kier molecular flexibility index (Phi) is 13.9. The summed E-state index contributed by atoms with van der Waals surface area (Å²) in [6.45, 7) is 6.45. The van der Waals surface area contributed by atoms with Gasteiger partial charge in [0.15, 0.2) is 0 Å². The van der Waals surface area contributed by atoms with Crippen molar-refractivity contribution >= 4 is 0 Å². The van der Waals surface area contributed by atoms with Crippen LogP contribution in [-0.4, -0.2) is 22.3 Å². The lowest BCUT2D eigenvalue weighted by Crippen LogP contribution is -2.16. The highest BCUT2D eigenvalue weighted by atomic mass is 16.5. The highest BCUT2D eigenvalue weighted by molar-refractivity contribution is 4.74. The van der Waals surface area contributed by atoms with E-state index in [0.717, 1.165) is 19.6 Å². The molecule has 1 unspecified atom stereocenters. The summed E-state index contributed by atoms with van der Waals surface area (Å²) in [5, 5.41) is 0. The summed E-state index contributed by atoms with van der Waals surface area (Å²) in [7, 11) is 0. The van der Waals surface area contributed by atoms with E-state index in [0.29, 0.717) is 6.10 Å². The molecule has 0 aromatic carbocycles. The topological polar surface area (TPSA) is 27.1 Å². The third kappa shape index (κ3) is 11.7. The number of ether oxygens (including phenoxy) is 1. The second kappa shape index (κ2) is 15.7. The fraction of sp³-hybridized carbons (Fsp3) is 0.857. The predicted octanol–water partition coefficient (Wildman–Crippen LogP) is 6.38. The van der Waals surface area contributed by atoms with Gasteiger partial charge in [0.25, 0.3) is 0 Å². The van der Waals surface area contributed by atoms with Crippen LogP contribution >= 0.6 is 0 Å². The summed E-state index contributed by atoms with van der Waals surface area (Å²) in [5.41, 5.74) is 0. The van der Waals surface area contributed by atoms with Crippen molar-refractivity contribution in [2.45, 2.75) is 110 Å². The quantitative estimate of drug-likeness (QED) is 0.309. The van der Waals surface area contributed by atoms with Gasteiger partial charge in [-0.1, -0.05) is 78.1 Å². The minimum atomic E-state index is 0.420. The molecule has 0 radical (unpaired) electrons. The monoisotopic (exact) mass is 336 g/mol. The van der Waals surface area contributed by atoms with Gasteiger partial charge in [0, 0.05) is 25.5 Å². The second-order valence-corrected chi connectivity index (χ2v) is 7.05. The molecule has 0 fully saturated rings. The number of nitrogens with zero attached hydrogens (tertiary/aromatic N) is 2. The first kappa shape index (κ1) is 21.2. The van der Waals surface area contributed by atoms with E-state index >= 15 is 0 Å². The Morgan fingerprint density at radius 1 is 0.833 bits per heavy atom. The number of hydrogen-bond acceptors (Lipinski definition) is 2. The largest absolute Gasteiger partial charge is 0.378 e. The number of aromatic nitrogens is 2. The zero-order valence-electron chi connectivity index (χ0n) is 16.2. The van der Waals surface area contributed by atoms with Gasteiger partial charge in [-0.2, -0.15) is 0 Å². The lowest BCUT2D eigenvalue weighted by atomic mass is 10.0. The van der Waals surface area contributed by atoms with E-state index in [1.54, 1.807) is 0 Å². The van der Waals surface area contributed by atoms with Crippen LogP contribution in [0.15, 0.2) is 18.7 Å². The van der Waals surface area contributed by atoms with E-state index in [2.05, 4.69) is 23.4 Å². The molecule has 0 aliphatic carbocycles. The van der Waals surface area contributed by atoms with Crippen LogP contribution in [0.1, 0.15) is 97.3 Å². The number of rotatable bonds is 17. The molecule has 24 heavy (non-hydrogen) atoms. The molecule has 0 spiro atoms. The van der Waals surface area contributed by atoms with Crippen molar-refractivity contribution in [1.29, 1.82) is 0 Å². The number of hydrogen-bond donors (Lipinski definition) is 0. The second-order valence-electron chi connectivity index (χ2n) is 7.05. The highest BCUT2D eigenvalue weighted by Crippen LogP contribution is 2.15. The highest BCUT2D eigenvalue weighted by Gasteiger charge is 2.09. The van der Waals surface area contributed by atoms with Crippen molar-refractivity contribution in [1.82, 2.24) is 9.55 Å². The van der Waals surface area contributed by atoms with Crippen LogP contribution in [0.4, 0.5) is 0 Å². The van der Waals surface area contributed by atoms with Crippen LogP contribution in [0.25, 0.3) is 0 Å². The summed E-state index contributed by atoms with van der Waals surface area (Å²) in [6.07, 6.45) is 23.5. The summed E-state index contributed by atoms with van der Waals surface area (Å²) < 4.78 is 8.28. The smallest absolute Gasteiger partial charge is 0.0945 e. The molecule has 1 aromatic heterocycles. The Morgan fingerprint density at radius 3 is 2.12 bits per heavy atom. The lowest BCUT2D eigenvalue weighted by molar-refractivity contribution is 0.0353. The molecule has 0 saturated carbocycles. The Bertz CT molecular complexity index is 351. The van der Waals surface area contributed by atoms with Crippen LogP contribution in [0.3, 0.4) is 0 Å². The van der Waals surface area contributed by atoms with Crippen molar-refractivity contribution in [2.24, 2.45) is 0 Å². The maximum atomic E-state index is 6.12. The zero-order valence-corrected chi connectivity index (χ0v) is 16.2. The van der Waals surface area contributed by atoms with Gasteiger partial charge in [0.1, 0.15) is 0 Å². The van der Waals surface area contributed by atoms with Crippen LogP contribution < -0.4 is 0 Å². The molecule has 1 heterocycles. The minimum Gasteiger partial charge on any atom is -0.378 e. The summed E-state index contributed by atoms with van der Waals surface area (Å²) >= 11 is 0. The van der Waals surface area contributed by atoms with Gasteiger partial charge < -0.3 is 9.30 Å². The molecule has 0 N–H and O–H groups in total. The maximum Gasteiger partial charge on any atom is 0.0945 e. The first-order valence-corrected chi connectivity index (χ1v) is 10.4. The maximum absolute atomic E-state index is 6.12. The van der Waals surface area contributed by atoms with Crippen LogP contribution in [0.2, 0.25) is 0 Å². The van der Waals surface area contributed by atoms with Gasteiger partial charge >= 0.3 is 0 Å². The molecule has 0 amide bonds. The Labute approximate surface area is 150 Å². The average Bonchev–Trinajstić information content (AvgIpc) is 3.11. The molecule has 140 valence electrons. The van der Waals surface area contributed by atoms with E-state index in [1.807, 2.05) is 18.7 Å². The Morgan fingerprint density at radius 2 is 1.50 bits per heavy atom. The van der Waals surface area contributed by atoms with Gasteiger partial charge in [0.05, 0.1) is 12.4 Å². The van der Waals surface area contributed by atoms with Crippen LogP contribution in [-0.2, 0) is 11.3 Å². The minimum absolute atomic E-state index is 0.420. The molecule has 0 bridgehead atoms. The fourth-order valence-corrected chi connectivity index (χ4v) is 3.10. The molecule has 1 aromatic rings. The van der Waals surface area contributed by atoms with E-state index < -0.39 is 0 Å². The van der Waals surface area contributed by atoms with E-state index in [1.165, 1.54) is 77.0 Å². The van der Waals surface area contributed by atoms with Crippen molar-refractivity contribution in [3.63, 3.8) is 0 Å². The summed E-state index contributed by atoms with van der Waals surface area (Å²) in [4.78, 5) is 4.12. The average molecular weight is 337 g/mol. The summed E-state index contributed by atoms with van der Waals surface area (Å²) in [5.74, 6) is 0. The summed E-state index contributed by atoms with van der Waals surface area (Å²) in [6, 6.07) is 0. The molecular weight excluding hydrogens is 296 g/mol. The van der Waals surface area contributed by atoms with E-state index in [4.69, 9.17) is 4.74 Å².